The normalized spacial score (nSPS) is 10.1. The molecule has 1 aromatic rings. The molecule has 0 aromatic heterocycles. The summed E-state index contributed by atoms with van der Waals surface area (Å²) in [7, 11) is 0. The average molecular weight is 170 g/mol. The van der Waals surface area contributed by atoms with Crippen LogP contribution in [0.5, 0.6) is 0 Å². The van der Waals surface area contributed by atoms with Crippen molar-refractivity contribution in [3.63, 3.8) is 0 Å². The second kappa shape index (κ2) is 5.68. The van der Waals surface area contributed by atoms with Crippen molar-refractivity contribution in [2.24, 2.45) is 0 Å². The van der Waals surface area contributed by atoms with Gasteiger partial charge in [0, 0.05) is 0 Å². The molecule has 4 heteroatoms. The topological polar surface area (TPSA) is 47.9 Å². The molecular formula is C8H10O4. The lowest BCUT2D eigenvalue weighted by atomic mass is 10.2. The molecule has 66 valence electrons. The summed E-state index contributed by atoms with van der Waals surface area (Å²) in [5, 5.41) is 14.8. The number of benzene rings is 1. The first-order valence-corrected chi connectivity index (χ1v) is 3.57. The zero-order valence-electron chi connectivity index (χ0n) is 6.47. The third-order valence-corrected chi connectivity index (χ3v) is 1.40. The van der Waals surface area contributed by atoms with Gasteiger partial charge in [0.25, 0.3) is 0 Å². The van der Waals surface area contributed by atoms with Gasteiger partial charge in [-0.15, -0.1) is 0 Å². The molecule has 1 N–H and O–H groups in total. The Hall–Kier alpha value is -0.940. The molecule has 0 atom stereocenters. The van der Waals surface area contributed by atoms with Gasteiger partial charge in [-0.3, -0.25) is 0 Å². The molecule has 0 aliphatic rings. The number of hydrogen-bond acceptors (Lipinski definition) is 4. The molecule has 0 bridgehead atoms. The first kappa shape index (κ1) is 9.15. The fourth-order valence-corrected chi connectivity index (χ4v) is 0.860. The summed E-state index contributed by atoms with van der Waals surface area (Å²) in [4.78, 5) is 4.41. The maximum Gasteiger partial charge on any atom is 0.0895 e. The molecule has 0 unspecified atom stereocenters. The summed E-state index contributed by atoms with van der Waals surface area (Å²) in [6.45, 7) is 0.338. The quantitative estimate of drug-likeness (QED) is 0.414. The van der Waals surface area contributed by atoms with Gasteiger partial charge < -0.3 is 0 Å². The van der Waals surface area contributed by atoms with E-state index in [1.54, 1.807) is 0 Å². The molecule has 4 nitrogen and oxygen atoms in total. The molecule has 0 amide bonds. The van der Waals surface area contributed by atoms with Crippen LogP contribution in [0.4, 0.5) is 0 Å². The molecule has 0 spiro atoms. The summed E-state index contributed by atoms with van der Waals surface area (Å²) in [5.74, 6) is 0. The van der Waals surface area contributed by atoms with E-state index < -0.39 is 0 Å². The molecule has 0 aliphatic heterocycles. The van der Waals surface area contributed by atoms with Crippen LogP contribution in [-0.4, -0.2) is 11.9 Å². The maximum absolute atomic E-state index is 7.72. The van der Waals surface area contributed by atoms with Crippen LogP contribution in [-0.2, 0) is 21.4 Å². The Bertz CT molecular complexity index is 199. The zero-order chi connectivity index (χ0) is 8.65. The lowest BCUT2D eigenvalue weighted by Gasteiger charge is -1.98. The van der Waals surface area contributed by atoms with E-state index in [0.29, 0.717) is 13.0 Å². The van der Waals surface area contributed by atoms with Crippen molar-refractivity contribution in [1.82, 2.24) is 0 Å². The average Bonchev–Trinajstić information content (AvgIpc) is 2.14. The van der Waals surface area contributed by atoms with Crippen LogP contribution in [0, 0.1) is 0 Å². The third-order valence-electron chi connectivity index (χ3n) is 1.40. The Kier molecular flexibility index (Phi) is 4.33. The summed E-state index contributed by atoms with van der Waals surface area (Å²) >= 11 is 0. The van der Waals surface area contributed by atoms with E-state index in [9.17, 15) is 0 Å². The monoisotopic (exact) mass is 170 g/mol. The molecule has 0 aliphatic carbocycles. The van der Waals surface area contributed by atoms with E-state index in [4.69, 9.17) is 5.26 Å². The van der Waals surface area contributed by atoms with Crippen LogP contribution in [0.1, 0.15) is 5.56 Å². The smallest absolute Gasteiger partial charge is 0.0895 e. The first-order chi connectivity index (χ1) is 5.93. The van der Waals surface area contributed by atoms with Gasteiger partial charge in [0.05, 0.1) is 6.61 Å². The third kappa shape index (κ3) is 3.45. The van der Waals surface area contributed by atoms with Gasteiger partial charge in [-0.1, -0.05) is 30.3 Å². The lowest BCUT2D eigenvalue weighted by molar-refractivity contribution is -0.623. The SMILES string of the molecule is OOOOCCc1ccccc1. The molecule has 0 heterocycles. The van der Waals surface area contributed by atoms with Crippen LogP contribution in [0.3, 0.4) is 0 Å². The molecule has 1 aromatic carbocycles. The highest BCUT2D eigenvalue weighted by atomic mass is 17.6. The number of hydrogen-bond donors (Lipinski definition) is 1. The largest absolute Gasteiger partial charge is 0.219 e. The van der Waals surface area contributed by atoms with Crippen molar-refractivity contribution in [2.75, 3.05) is 6.61 Å². The van der Waals surface area contributed by atoms with Gasteiger partial charge in [-0.05, 0) is 22.1 Å². The predicted octanol–water partition coefficient (Wildman–Crippen LogP) is 1.58. The van der Waals surface area contributed by atoms with E-state index in [-0.39, 0.29) is 0 Å². The highest BCUT2D eigenvalue weighted by Crippen LogP contribution is 1.99. The Labute approximate surface area is 70.1 Å². The molecule has 0 saturated carbocycles. The van der Waals surface area contributed by atoms with Crippen molar-refractivity contribution in [3.8, 4) is 0 Å². The van der Waals surface area contributed by atoms with Crippen LogP contribution in [0.25, 0.3) is 0 Å². The zero-order valence-corrected chi connectivity index (χ0v) is 6.47. The Balaban J connectivity index is 2.16. The fraction of sp³-hybridized carbons (Fsp3) is 0.250. The minimum absolute atomic E-state index is 0.338. The summed E-state index contributed by atoms with van der Waals surface area (Å²) in [5.41, 5.74) is 1.14. The Morgan fingerprint density at radius 1 is 1.17 bits per heavy atom. The second-order valence-electron chi connectivity index (χ2n) is 2.20. The van der Waals surface area contributed by atoms with Crippen LogP contribution < -0.4 is 0 Å². The van der Waals surface area contributed by atoms with Gasteiger partial charge in [-0.2, -0.15) is 0 Å². The van der Waals surface area contributed by atoms with Crippen molar-refractivity contribution < 1.29 is 20.2 Å². The van der Waals surface area contributed by atoms with E-state index in [1.165, 1.54) is 0 Å². The van der Waals surface area contributed by atoms with Crippen molar-refractivity contribution >= 4 is 0 Å². The van der Waals surface area contributed by atoms with E-state index in [0.717, 1.165) is 5.56 Å². The van der Waals surface area contributed by atoms with Gasteiger partial charge in [0.15, 0.2) is 0 Å². The summed E-state index contributed by atoms with van der Waals surface area (Å²) < 4.78 is 0. The van der Waals surface area contributed by atoms with E-state index in [2.05, 4.69) is 15.0 Å². The molecule has 1 rings (SSSR count). The lowest BCUT2D eigenvalue weighted by Crippen LogP contribution is -1.99. The molecule has 0 radical (unpaired) electrons. The van der Waals surface area contributed by atoms with Crippen molar-refractivity contribution in [2.45, 2.75) is 6.42 Å². The van der Waals surface area contributed by atoms with Gasteiger partial charge in [-0.25, -0.2) is 10.1 Å². The highest BCUT2D eigenvalue weighted by molar-refractivity contribution is 5.14. The van der Waals surface area contributed by atoms with Gasteiger partial charge >= 0.3 is 0 Å². The predicted molar refractivity (Wildman–Crippen MR) is 40.9 cm³/mol. The van der Waals surface area contributed by atoms with E-state index in [1.807, 2.05) is 30.3 Å². The first-order valence-electron chi connectivity index (χ1n) is 3.57. The molecular weight excluding hydrogens is 160 g/mol. The summed E-state index contributed by atoms with van der Waals surface area (Å²) in [6.07, 6.45) is 0.712. The molecule has 12 heavy (non-hydrogen) atoms. The van der Waals surface area contributed by atoms with Crippen molar-refractivity contribution in [3.05, 3.63) is 35.9 Å². The minimum Gasteiger partial charge on any atom is -0.219 e. The van der Waals surface area contributed by atoms with Crippen LogP contribution >= 0.6 is 0 Å². The van der Waals surface area contributed by atoms with Gasteiger partial charge in [0.1, 0.15) is 0 Å². The van der Waals surface area contributed by atoms with Crippen LogP contribution in [0.15, 0.2) is 30.3 Å². The molecule has 0 fully saturated rings. The Morgan fingerprint density at radius 3 is 2.58 bits per heavy atom. The summed E-state index contributed by atoms with van der Waals surface area (Å²) in [6, 6.07) is 9.78. The number of rotatable bonds is 5. The molecule has 0 saturated heterocycles. The van der Waals surface area contributed by atoms with E-state index >= 15 is 0 Å². The Morgan fingerprint density at radius 2 is 1.92 bits per heavy atom. The fourth-order valence-electron chi connectivity index (χ4n) is 0.860. The van der Waals surface area contributed by atoms with Crippen LogP contribution in [0.2, 0.25) is 0 Å². The maximum atomic E-state index is 7.72. The second-order valence-corrected chi connectivity index (χ2v) is 2.20. The van der Waals surface area contributed by atoms with Crippen molar-refractivity contribution in [1.29, 1.82) is 0 Å². The highest BCUT2D eigenvalue weighted by Gasteiger charge is 1.91. The van der Waals surface area contributed by atoms with Gasteiger partial charge in [0.2, 0.25) is 0 Å². The standard InChI is InChI=1S/C8H10O4/c9-11-12-10-7-6-8-4-2-1-3-5-8/h1-5,9H,6-7H2. The minimum atomic E-state index is 0.338.